The Balaban J connectivity index is 1.61. The maximum Gasteiger partial charge on any atom is 0.415 e. The minimum atomic E-state index is -0.372. The molecule has 1 atom stereocenters. The molecule has 2 fully saturated rings. The van der Waals surface area contributed by atoms with Crippen LogP contribution in [0.3, 0.4) is 0 Å². The molecule has 25 heavy (non-hydrogen) atoms. The van der Waals surface area contributed by atoms with E-state index in [1.807, 2.05) is 32.6 Å². The first-order chi connectivity index (χ1) is 11.8. The molecule has 136 valence electrons. The smallest absolute Gasteiger partial charge is 0.415 e. The second-order valence-corrected chi connectivity index (χ2v) is 7.92. The molecule has 3 rings (SSSR count). The molecule has 0 aliphatic carbocycles. The van der Waals surface area contributed by atoms with Gasteiger partial charge in [0.05, 0.1) is 24.6 Å². The summed E-state index contributed by atoms with van der Waals surface area (Å²) in [7, 11) is 0. The number of ether oxygens (including phenoxy) is 1. The second kappa shape index (κ2) is 6.61. The van der Waals surface area contributed by atoms with Crippen molar-refractivity contribution in [3.63, 3.8) is 0 Å². The molecule has 3 heterocycles. The van der Waals surface area contributed by atoms with Crippen LogP contribution in [-0.2, 0) is 9.53 Å². The van der Waals surface area contributed by atoms with E-state index in [9.17, 15) is 9.59 Å². The van der Waals surface area contributed by atoms with E-state index in [2.05, 4.69) is 9.97 Å². The highest BCUT2D eigenvalue weighted by Gasteiger charge is 2.32. The average Bonchev–Trinajstić information content (AvgIpc) is 2.92. The number of carbonyl (C=O) groups excluding carboxylic acids is 2. The summed E-state index contributed by atoms with van der Waals surface area (Å²) < 4.78 is 5.12. The van der Waals surface area contributed by atoms with Gasteiger partial charge in [0.2, 0.25) is 5.91 Å². The molecular formula is C18H26N4O3. The van der Waals surface area contributed by atoms with Crippen LogP contribution in [0, 0.1) is 5.41 Å². The third kappa shape index (κ3) is 3.75. The molecule has 2 aliphatic rings. The summed E-state index contributed by atoms with van der Waals surface area (Å²) in [6.45, 7) is 9.72. The molecule has 2 saturated heterocycles. The van der Waals surface area contributed by atoms with E-state index in [-0.39, 0.29) is 23.5 Å². The Hall–Kier alpha value is -2.18. The van der Waals surface area contributed by atoms with Gasteiger partial charge in [-0.2, -0.15) is 0 Å². The summed E-state index contributed by atoms with van der Waals surface area (Å²) in [5.41, 5.74) is 0.586. The first-order valence-corrected chi connectivity index (χ1v) is 8.85. The lowest BCUT2D eigenvalue weighted by Gasteiger charge is -2.35. The molecule has 1 aromatic heterocycles. The predicted molar refractivity (Wildman–Crippen MR) is 93.3 cm³/mol. The van der Waals surface area contributed by atoms with E-state index < -0.39 is 0 Å². The van der Waals surface area contributed by atoms with Gasteiger partial charge in [0, 0.05) is 24.4 Å². The van der Waals surface area contributed by atoms with Crippen molar-refractivity contribution >= 4 is 17.8 Å². The van der Waals surface area contributed by atoms with Gasteiger partial charge in [-0.25, -0.2) is 9.78 Å². The fourth-order valence-corrected chi connectivity index (χ4v) is 3.33. The number of likely N-dealkylation sites (tertiary alicyclic amines) is 1. The summed E-state index contributed by atoms with van der Waals surface area (Å²) in [5, 5.41) is 0. The number of hydrogen-bond acceptors (Lipinski definition) is 5. The Bertz CT molecular complexity index is 645. The van der Waals surface area contributed by atoms with Crippen LogP contribution in [0.1, 0.15) is 52.1 Å². The van der Waals surface area contributed by atoms with Gasteiger partial charge in [-0.1, -0.05) is 20.8 Å². The Morgan fingerprint density at radius 3 is 2.36 bits per heavy atom. The summed E-state index contributed by atoms with van der Waals surface area (Å²) in [6, 6.07) is 0. The van der Waals surface area contributed by atoms with Crippen molar-refractivity contribution in [2.75, 3.05) is 24.5 Å². The largest absolute Gasteiger partial charge is 0.444 e. The number of carbonyl (C=O) groups is 2. The molecule has 2 aliphatic heterocycles. The normalized spacial score (nSPS) is 22.2. The predicted octanol–water partition coefficient (Wildman–Crippen LogP) is 2.57. The number of rotatable bonds is 2. The zero-order chi connectivity index (χ0) is 18.2. The lowest BCUT2D eigenvalue weighted by atomic mass is 9.90. The van der Waals surface area contributed by atoms with Crippen LogP contribution in [0.15, 0.2) is 12.4 Å². The number of piperidine rings is 1. The number of aromatic nitrogens is 2. The van der Waals surface area contributed by atoms with E-state index in [1.54, 1.807) is 12.4 Å². The molecule has 0 aromatic carbocycles. The Labute approximate surface area is 148 Å². The molecular weight excluding hydrogens is 320 g/mol. The van der Waals surface area contributed by atoms with E-state index in [0.29, 0.717) is 18.3 Å². The molecule has 0 saturated carbocycles. The Morgan fingerprint density at radius 2 is 1.88 bits per heavy atom. The van der Waals surface area contributed by atoms with Crippen LogP contribution in [0.4, 0.5) is 10.6 Å². The number of cyclic esters (lactones) is 1. The lowest BCUT2D eigenvalue weighted by molar-refractivity contribution is -0.140. The van der Waals surface area contributed by atoms with Crippen molar-refractivity contribution in [1.82, 2.24) is 14.9 Å². The Morgan fingerprint density at radius 1 is 1.20 bits per heavy atom. The van der Waals surface area contributed by atoms with Crippen molar-refractivity contribution < 1.29 is 14.3 Å². The molecule has 0 radical (unpaired) electrons. The van der Waals surface area contributed by atoms with Crippen molar-refractivity contribution in [2.24, 2.45) is 5.41 Å². The maximum atomic E-state index is 12.4. The SMILES string of the molecule is C[C@@H]1CN(c2cnc(C3CCN(C(=O)C(C)(C)C)CC3)cn2)C(=O)O1. The van der Waals surface area contributed by atoms with Gasteiger partial charge in [-0.15, -0.1) is 0 Å². The van der Waals surface area contributed by atoms with Crippen molar-refractivity contribution in [3.05, 3.63) is 18.1 Å². The number of amides is 2. The van der Waals surface area contributed by atoms with Crippen molar-refractivity contribution in [2.45, 2.75) is 52.6 Å². The third-order valence-electron chi connectivity index (χ3n) is 4.74. The van der Waals surface area contributed by atoms with Crippen LogP contribution in [-0.4, -0.2) is 52.6 Å². The highest BCUT2D eigenvalue weighted by atomic mass is 16.6. The molecule has 0 unspecified atom stereocenters. The number of anilines is 1. The first-order valence-electron chi connectivity index (χ1n) is 8.85. The third-order valence-corrected chi connectivity index (χ3v) is 4.74. The zero-order valence-electron chi connectivity index (χ0n) is 15.4. The summed E-state index contributed by atoms with van der Waals surface area (Å²) in [6.07, 6.45) is 4.66. The summed E-state index contributed by atoms with van der Waals surface area (Å²) in [5.74, 6) is 1.03. The minimum Gasteiger partial charge on any atom is -0.444 e. The van der Waals surface area contributed by atoms with Gasteiger partial charge in [-0.05, 0) is 19.8 Å². The van der Waals surface area contributed by atoms with Gasteiger partial charge in [0.1, 0.15) is 6.10 Å². The van der Waals surface area contributed by atoms with Crippen LogP contribution in [0.25, 0.3) is 0 Å². The van der Waals surface area contributed by atoms with Gasteiger partial charge in [0.15, 0.2) is 5.82 Å². The maximum absolute atomic E-state index is 12.4. The first kappa shape index (κ1) is 17.6. The number of nitrogens with zero attached hydrogens (tertiary/aromatic N) is 4. The molecule has 0 spiro atoms. The number of hydrogen-bond donors (Lipinski definition) is 0. The minimum absolute atomic E-state index is 0.126. The fourth-order valence-electron chi connectivity index (χ4n) is 3.33. The van der Waals surface area contributed by atoms with Crippen LogP contribution in [0.5, 0.6) is 0 Å². The van der Waals surface area contributed by atoms with Crippen molar-refractivity contribution in [1.29, 1.82) is 0 Å². The molecule has 7 nitrogen and oxygen atoms in total. The molecule has 1 aromatic rings. The Kier molecular flexibility index (Phi) is 4.67. The summed E-state index contributed by atoms with van der Waals surface area (Å²) in [4.78, 5) is 36.5. The van der Waals surface area contributed by atoms with Crippen molar-refractivity contribution in [3.8, 4) is 0 Å². The highest BCUT2D eigenvalue weighted by molar-refractivity contribution is 5.88. The second-order valence-electron chi connectivity index (χ2n) is 7.92. The van der Waals surface area contributed by atoms with Crippen LogP contribution >= 0.6 is 0 Å². The lowest BCUT2D eigenvalue weighted by Crippen LogP contribution is -2.43. The van der Waals surface area contributed by atoms with Gasteiger partial charge in [0.25, 0.3) is 0 Å². The van der Waals surface area contributed by atoms with Gasteiger partial charge >= 0.3 is 6.09 Å². The van der Waals surface area contributed by atoms with E-state index in [0.717, 1.165) is 31.6 Å². The van der Waals surface area contributed by atoms with E-state index in [4.69, 9.17) is 4.74 Å². The molecule has 0 N–H and O–H groups in total. The monoisotopic (exact) mass is 346 g/mol. The van der Waals surface area contributed by atoms with E-state index in [1.165, 1.54) is 4.90 Å². The quantitative estimate of drug-likeness (QED) is 0.823. The van der Waals surface area contributed by atoms with Crippen LogP contribution < -0.4 is 4.90 Å². The van der Waals surface area contributed by atoms with Gasteiger partial charge < -0.3 is 9.64 Å². The summed E-state index contributed by atoms with van der Waals surface area (Å²) >= 11 is 0. The standard InChI is InChI=1S/C18H26N4O3/c1-12-11-22(17(24)25-12)15-10-19-14(9-20-15)13-5-7-21(8-6-13)16(23)18(2,3)4/h9-10,12-13H,5-8,11H2,1-4H3/t12-/m1/s1. The average molecular weight is 346 g/mol. The van der Waals surface area contributed by atoms with Crippen LogP contribution in [0.2, 0.25) is 0 Å². The van der Waals surface area contributed by atoms with E-state index >= 15 is 0 Å². The molecule has 7 heteroatoms. The molecule has 2 amide bonds. The zero-order valence-corrected chi connectivity index (χ0v) is 15.4. The topological polar surface area (TPSA) is 75.6 Å². The highest BCUT2D eigenvalue weighted by Crippen LogP contribution is 2.29. The molecule has 0 bridgehead atoms. The fraction of sp³-hybridized carbons (Fsp3) is 0.667. The van der Waals surface area contributed by atoms with Gasteiger partial charge in [-0.3, -0.25) is 14.7 Å².